The van der Waals surface area contributed by atoms with Crippen LogP contribution in [0.15, 0.2) is 33.6 Å². The van der Waals surface area contributed by atoms with Crippen LogP contribution in [0.2, 0.25) is 0 Å². The minimum atomic E-state index is -4.25. The number of fused-ring (bicyclic) bond motifs is 1. The molecule has 3 aliphatic carbocycles. The Morgan fingerprint density at radius 2 is 1.69 bits per heavy atom. The Kier molecular flexibility index (Phi) is 9.33. The molecule has 248 valence electrons. The molecule has 1 aromatic carbocycles. The number of carbonyl (C=O) groups is 4. The molecule has 14 heteroatoms. The van der Waals surface area contributed by atoms with Crippen LogP contribution in [0.4, 0.5) is 4.79 Å². The highest BCUT2D eigenvalue weighted by Crippen LogP contribution is 2.52. The lowest BCUT2D eigenvalue weighted by Crippen LogP contribution is -2.59. The van der Waals surface area contributed by atoms with E-state index in [4.69, 9.17) is 13.7 Å². The normalized spacial score (nSPS) is 31.0. The second-order valence-corrected chi connectivity index (χ2v) is 16.3. The average Bonchev–Trinajstić information content (AvgIpc) is 3.78. The molecule has 45 heavy (non-hydrogen) atoms. The molecule has 0 spiro atoms. The molecule has 1 saturated heterocycles. The summed E-state index contributed by atoms with van der Waals surface area (Å²) < 4.78 is 43.2. The molecule has 5 rings (SSSR count). The third-order valence-corrected chi connectivity index (χ3v) is 11.5. The average molecular weight is 713 g/mol. The van der Waals surface area contributed by atoms with Crippen LogP contribution in [-0.4, -0.2) is 80.7 Å². The number of hydrogen-bond acceptors (Lipinski definition) is 9. The summed E-state index contributed by atoms with van der Waals surface area (Å²) in [6.45, 7) is 7.00. The van der Waals surface area contributed by atoms with E-state index >= 15 is 0 Å². The smallest absolute Gasteiger partial charge is 0.408 e. The van der Waals surface area contributed by atoms with Crippen LogP contribution >= 0.6 is 15.9 Å². The van der Waals surface area contributed by atoms with Crippen LogP contribution in [0.5, 0.6) is 0 Å². The van der Waals surface area contributed by atoms with Crippen LogP contribution in [0.1, 0.15) is 66.2 Å². The maximum absolute atomic E-state index is 14.2. The minimum Gasteiger partial charge on any atom is -0.467 e. The van der Waals surface area contributed by atoms with E-state index in [1.807, 2.05) is 6.92 Å². The number of benzene rings is 1. The highest BCUT2D eigenvalue weighted by molar-refractivity contribution is 9.10. The predicted molar refractivity (Wildman–Crippen MR) is 165 cm³/mol. The summed E-state index contributed by atoms with van der Waals surface area (Å²) in [5.41, 5.74) is -2.01. The van der Waals surface area contributed by atoms with Gasteiger partial charge < -0.3 is 25.0 Å². The number of nitrogens with zero attached hydrogens (tertiary/aromatic N) is 1. The largest absolute Gasteiger partial charge is 0.467 e. The van der Waals surface area contributed by atoms with Crippen LogP contribution in [-0.2, 0) is 38.2 Å². The van der Waals surface area contributed by atoms with Gasteiger partial charge in [0, 0.05) is 17.4 Å². The van der Waals surface area contributed by atoms with Crippen molar-refractivity contribution in [3.05, 3.63) is 28.7 Å². The van der Waals surface area contributed by atoms with Gasteiger partial charge in [-0.3, -0.25) is 13.8 Å². The molecule has 2 N–H and O–H groups in total. The van der Waals surface area contributed by atoms with Gasteiger partial charge in [-0.2, -0.15) is 8.42 Å². The number of nitrogens with one attached hydrogen (secondary N) is 2. The molecule has 3 saturated carbocycles. The van der Waals surface area contributed by atoms with Crippen molar-refractivity contribution in [3.8, 4) is 0 Å². The summed E-state index contributed by atoms with van der Waals surface area (Å²) in [4.78, 5) is 54.9. The fraction of sp³-hybridized carbons (Fsp3) is 0.677. The summed E-state index contributed by atoms with van der Waals surface area (Å²) in [7, 11) is -3.00. The van der Waals surface area contributed by atoms with Gasteiger partial charge in [0.1, 0.15) is 23.7 Å². The van der Waals surface area contributed by atoms with E-state index < -0.39 is 63.1 Å². The summed E-state index contributed by atoms with van der Waals surface area (Å²) in [6, 6.07) is 3.63. The topological polar surface area (TPSA) is 157 Å². The van der Waals surface area contributed by atoms with Gasteiger partial charge in [0.25, 0.3) is 10.1 Å². The highest BCUT2D eigenvalue weighted by Gasteiger charge is 2.62. The Hall–Kier alpha value is -2.71. The van der Waals surface area contributed by atoms with Crippen molar-refractivity contribution in [1.82, 2.24) is 15.5 Å². The standard InChI is InChI=1S/C31H42BrN3O9S/c1-6-19-15-31(19,28(38)42-5)34-26(36)24-14-22(44-45(40,41)23-9-7-20(32)8-10-23)16-35(24)27(37)25(30(2,3)4)33-29(39)43-21-12-17-11-18(17)13-21/h7-10,17-19,21-22,24-25H,6,11-16H2,1-5H3,(H,33,39)(H,34,36)/t17-,18+,19-,21+,22-,24+,25-,31?/m1/s1. The number of hydrogen-bond donors (Lipinski definition) is 2. The van der Waals surface area contributed by atoms with Crippen molar-refractivity contribution < 1.29 is 41.3 Å². The van der Waals surface area contributed by atoms with Gasteiger partial charge in [0.2, 0.25) is 11.8 Å². The zero-order valence-corrected chi connectivity index (χ0v) is 28.6. The molecule has 4 aliphatic rings. The SMILES string of the molecule is CC[C@@H]1CC1(NC(=O)[C@@H]1C[C@@H](OS(=O)(=O)c2ccc(Br)cc2)CN1C(=O)[C@@H](NC(=O)O[C@@H]1C[C@@H]2C[C@@H]2C1)C(C)(C)C)C(=O)OC. The molecular formula is C31H42BrN3O9S. The first-order chi connectivity index (χ1) is 21.1. The molecule has 8 atom stereocenters. The molecule has 1 aromatic rings. The van der Waals surface area contributed by atoms with Crippen molar-refractivity contribution in [2.24, 2.45) is 23.2 Å². The number of carbonyl (C=O) groups excluding carboxylic acids is 4. The van der Waals surface area contributed by atoms with Gasteiger partial charge in [0.15, 0.2) is 0 Å². The number of likely N-dealkylation sites (tertiary alicyclic amines) is 1. The molecule has 1 unspecified atom stereocenters. The Morgan fingerprint density at radius 3 is 2.24 bits per heavy atom. The number of rotatable bonds is 10. The number of amides is 3. The molecule has 12 nitrogen and oxygen atoms in total. The molecule has 3 amide bonds. The third kappa shape index (κ3) is 7.17. The summed E-state index contributed by atoms with van der Waals surface area (Å²) >= 11 is 3.28. The predicted octanol–water partition coefficient (Wildman–Crippen LogP) is 3.52. The van der Waals surface area contributed by atoms with Crippen LogP contribution in [0.25, 0.3) is 0 Å². The molecule has 0 aromatic heterocycles. The Balaban J connectivity index is 1.37. The Bertz CT molecular complexity index is 1440. The first kappa shape index (κ1) is 33.6. The van der Waals surface area contributed by atoms with Gasteiger partial charge >= 0.3 is 12.1 Å². The molecule has 1 heterocycles. The van der Waals surface area contributed by atoms with Crippen LogP contribution in [0.3, 0.4) is 0 Å². The summed E-state index contributed by atoms with van der Waals surface area (Å²) in [5.74, 6) is -0.725. The van der Waals surface area contributed by atoms with E-state index in [2.05, 4.69) is 26.6 Å². The Labute approximate surface area is 272 Å². The van der Waals surface area contributed by atoms with Crippen LogP contribution < -0.4 is 10.6 Å². The van der Waals surface area contributed by atoms with Crippen molar-refractivity contribution in [1.29, 1.82) is 0 Å². The monoisotopic (exact) mass is 711 g/mol. The van der Waals surface area contributed by atoms with E-state index in [1.165, 1.54) is 30.6 Å². The lowest BCUT2D eigenvalue weighted by atomic mass is 9.85. The maximum atomic E-state index is 14.2. The molecular weight excluding hydrogens is 670 g/mol. The maximum Gasteiger partial charge on any atom is 0.408 e. The third-order valence-electron chi connectivity index (χ3n) is 9.56. The van der Waals surface area contributed by atoms with Gasteiger partial charge in [-0.05, 0) is 73.1 Å². The first-order valence-corrected chi connectivity index (χ1v) is 17.6. The van der Waals surface area contributed by atoms with Crippen molar-refractivity contribution in [3.63, 3.8) is 0 Å². The summed E-state index contributed by atoms with van der Waals surface area (Å²) in [5, 5.41) is 5.54. The van der Waals surface area contributed by atoms with E-state index in [-0.39, 0.29) is 29.9 Å². The zero-order valence-electron chi connectivity index (χ0n) is 26.2. The van der Waals surface area contributed by atoms with E-state index in [9.17, 15) is 27.6 Å². The molecule has 1 aliphatic heterocycles. The van der Waals surface area contributed by atoms with Gasteiger partial charge in [-0.25, -0.2) is 9.59 Å². The summed E-state index contributed by atoms with van der Waals surface area (Å²) in [6.07, 6.45) is 1.69. The fourth-order valence-electron chi connectivity index (χ4n) is 6.83. The molecule has 0 bridgehead atoms. The number of ether oxygens (including phenoxy) is 2. The van der Waals surface area contributed by atoms with E-state index in [0.717, 1.165) is 12.8 Å². The van der Waals surface area contributed by atoms with Crippen molar-refractivity contribution >= 4 is 49.9 Å². The molecule has 4 fully saturated rings. The van der Waals surface area contributed by atoms with Gasteiger partial charge in [0.05, 0.1) is 18.1 Å². The first-order valence-electron chi connectivity index (χ1n) is 15.4. The fourth-order valence-corrected chi connectivity index (χ4v) is 8.17. The minimum absolute atomic E-state index is 0.0774. The van der Waals surface area contributed by atoms with Crippen molar-refractivity contribution in [2.75, 3.05) is 13.7 Å². The van der Waals surface area contributed by atoms with E-state index in [0.29, 0.717) is 29.2 Å². The highest BCUT2D eigenvalue weighted by atomic mass is 79.9. The number of halogens is 1. The van der Waals surface area contributed by atoms with Crippen molar-refractivity contribution in [2.45, 2.75) is 101 Å². The number of esters is 1. The van der Waals surface area contributed by atoms with E-state index in [1.54, 1.807) is 32.9 Å². The Morgan fingerprint density at radius 1 is 1.04 bits per heavy atom. The second kappa shape index (κ2) is 12.5. The lowest BCUT2D eigenvalue weighted by Gasteiger charge is -2.35. The van der Waals surface area contributed by atoms with Crippen LogP contribution in [0, 0.1) is 23.2 Å². The van der Waals surface area contributed by atoms with Gasteiger partial charge in [-0.15, -0.1) is 0 Å². The second-order valence-electron chi connectivity index (χ2n) is 13.8. The zero-order chi connectivity index (χ0) is 32.9. The number of alkyl carbamates (subject to hydrolysis) is 1. The lowest BCUT2D eigenvalue weighted by molar-refractivity contribution is -0.148. The van der Waals surface area contributed by atoms with Gasteiger partial charge in [-0.1, -0.05) is 50.0 Å². The quantitative estimate of drug-likeness (QED) is 0.274. The number of methoxy groups -OCH3 is 1. The molecule has 0 radical (unpaired) electrons.